The van der Waals surface area contributed by atoms with Crippen LogP contribution in [0.4, 0.5) is 0 Å². The van der Waals surface area contributed by atoms with Crippen LogP contribution in [0, 0.1) is 0 Å². The van der Waals surface area contributed by atoms with Crippen LogP contribution >= 0.6 is 12.4 Å². The van der Waals surface area contributed by atoms with Gasteiger partial charge in [-0.25, -0.2) is 8.42 Å². The molecule has 0 bridgehead atoms. The fourth-order valence-electron chi connectivity index (χ4n) is 2.64. The number of sulfone groups is 1. The predicted molar refractivity (Wildman–Crippen MR) is 92.3 cm³/mol. The molecule has 2 aromatic rings. The number of benzene rings is 1. The summed E-state index contributed by atoms with van der Waals surface area (Å²) in [5, 5.41) is 15.3. The Morgan fingerprint density at radius 2 is 2.00 bits per heavy atom. The zero-order valence-corrected chi connectivity index (χ0v) is 15.2. The number of rotatable bonds is 4. The minimum atomic E-state index is -3.20. The van der Waals surface area contributed by atoms with E-state index < -0.39 is 9.84 Å². The highest BCUT2D eigenvalue weighted by Gasteiger charge is 2.21. The summed E-state index contributed by atoms with van der Waals surface area (Å²) in [5.74, 6) is 0.742. The lowest BCUT2D eigenvalue weighted by atomic mass is 10.2. The van der Waals surface area contributed by atoms with Crippen LogP contribution in [-0.2, 0) is 16.4 Å². The van der Waals surface area contributed by atoms with Gasteiger partial charge in [-0.3, -0.25) is 4.90 Å². The Labute approximate surface area is 147 Å². The Morgan fingerprint density at radius 1 is 1.29 bits per heavy atom. The molecule has 1 aliphatic rings. The first-order valence-corrected chi connectivity index (χ1v) is 9.37. The van der Waals surface area contributed by atoms with Crippen LogP contribution in [0.3, 0.4) is 0 Å². The first kappa shape index (κ1) is 18.8. The van der Waals surface area contributed by atoms with Gasteiger partial charge in [-0.15, -0.1) is 17.5 Å². The molecular weight excluding hydrogens is 352 g/mol. The summed E-state index contributed by atoms with van der Waals surface area (Å²) >= 11 is 0. The fraction of sp³-hybridized carbons (Fsp3) is 0.500. The van der Waals surface area contributed by atoms with Gasteiger partial charge < -0.3 is 5.32 Å². The Bertz CT molecular complexity index is 777. The highest BCUT2D eigenvalue weighted by Crippen LogP contribution is 2.15. The van der Waals surface area contributed by atoms with Crippen LogP contribution in [0.15, 0.2) is 29.2 Å². The number of aromatic nitrogens is 4. The Hall–Kier alpha value is -1.55. The number of tetrazole rings is 1. The van der Waals surface area contributed by atoms with E-state index in [1.54, 1.807) is 28.9 Å². The molecule has 8 nitrogen and oxygen atoms in total. The van der Waals surface area contributed by atoms with Crippen molar-refractivity contribution in [2.45, 2.75) is 24.4 Å². The van der Waals surface area contributed by atoms with Crippen LogP contribution in [0.1, 0.15) is 12.7 Å². The number of piperazine rings is 1. The largest absolute Gasteiger partial charge is 0.314 e. The van der Waals surface area contributed by atoms with Crippen molar-refractivity contribution in [1.29, 1.82) is 0 Å². The highest BCUT2D eigenvalue weighted by atomic mass is 35.5. The minimum absolute atomic E-state index is 0. The molecule has 1 aliphatic heterocycles. The molecule has 0 saturated carbocycles. The van der Waals surface area contributed by atoms with E-state index in [0.717, 1.165) is 31.1 Å². The lowest BCUT2D eigenvalue weighted by molar-refractivity contribution is 0.160. The van der Waals surface area contributed by atoms with Crippen LogP contribution in [-0.4, -0.2) is 65.5 Å². The van der Waals surface area contributed by atoms with Crippen LogP contribution in [0.5, 0.6) is 0 Å². The van der Waals surface area contributed by atoms with Crippen molar-refractivity contribution < 1.29 is 8.42 Å². The number of halogens is 1. The second-order valence-electron chi connectivity index (χ2n) is 5.80. The van der Waals surface area contributed by atoms with Crippen molar-refractivity contribution in [2.24, 2.45) is 0 Å². The third-order valence-corrected chi connectivity index (χ3v) is 5.16. The number of nitrogens with zero attached hydrogens (tertiary/aromatic N) is 5. The molecule has 0 spiro atoms. The molecule has 132 valence electrons. The molecule has 1 saturated heterocycles. The number of hydrogen-bond acceptors (Lipinski definition) is 7. The van der Waals surface area contributed by atoms with Gasteiger partial charge in [-0.2, -0.15) is 4.68 Å². The second-order valence-corrected chi connectivity index (χ2v) is 7.81. The molecule has 0 radical (unpaired) electrons. The quantitative estimate of drug-likeness (QED) is 0.823. The second kappa shape index (κ2) is 7.56. The lowest BCUT2D eigenvalue weighted by Crippen LogP contribution is -2.49. The van der Waals surface area contributed by atoms with E-state index in [-0.39, 0.29) is 17.3 Å². The Morgan fingerprint density at radius 3 is 2.62 bits per heavy atom. The van der Waals surface area contributed by atoms with Crippen molar-refractivity contribution in [3.8, 4) is 5.69 Å². The predicted octanol–water partition coefficient (Wildman–Crippen LogP) is 0.281. The van der Waals surface area contributed by atoms with Crippen molar-refractivity contribution in [3.63, 3.8) is 0 Å². The van der Waals surface area contributed by atoms with E-state index in [1.165, 1.54) is 6.26 Å². The van der Waals surface area contributed by atoms with Gasteiger partial charge in [0.15, 0.2) is 15.7 Å². The molecule has 3 rings (SSSR count). The molecule has 1 atom stereocenters. The van der Waals surface area contributed by atoms with E-state index in [1.807, 2.05) is 0 Å². The Kier molecular flexibility index (Phi) is 5.92. The highest BCUT2D eigenvalue weighted by molar-refractivity contribution is 7.90. The van der Waals surface area contributed by atoms with Crippen molar-refractivity contribution in [3.05, 3.63) is 30.1 Å². The molecular formula is C14H21ClN6O2S. The zero-order valence-electron chi connectivity index (χ0n) is 13.6. The number of hydrogen-bond donors (Lipinski definition) is 1. The average molecular weight is 373 g/mol. The standard InChI is InChI=1S/C14H20N6O2S.ClH/c1-11-9-15-7-8-19(11)10-14-16-17-18-20(14)12-3-5-13(6-4-12)23(2,21)22;/h3-6,11,15H,7-10H2,1-2H3;1H/t11-;/m1./s1. The average Bonchev–Trinajstić information content (AvgIpc) is 2.97. The van der Waals surface area contributed by atoms with Crippen LogP contribution in [0.25, 0.3) is 5.69 Å². The van der Waals surface area contributed by atoms with Gasteiger partial charge in [-0.1, -0.05) is 0 Å². The lowest BCUT2D eigenvalue weighted by Gasteiger charge is -2.33. The molecule has 0 unspecified atom stereocenters. The summed E-state index contributed by atoms with van der Waals surface area (Å²) in [6, 6.07) is 7.00. The van der Waals surface area contributed by atoms with Crippen molar-refractivity contribution >= 4 is 22.2 Å². The van der Waals surface area contributed by atoms with Gasteiger partial charge in [0.05, 0.1) is 17.1 Å². The first-order chi connectivity index (χ1) is 10.9. The first-order valence-electron chi connectivity index (χ1n) is 7.47. The van der Waals surface area contributed by atoms with E-state index >= 15 is 0 Å². The molecule has 1 fully saturated rings. The van der Waals surface area contributed by atoms with Gasteiger partial charge in [0.2, 0.25) is 0 Å². The topological polar surface area (TPSA) is 93.0 Å². The molecule has 1 aromatic heterocycles. The molecule has 10 heteroatoms. The summed E-state index contributed by atoms with van der Waals surface area (Å²) in [6.45, 7) is 5.67. The van der Waals surface area contributed by atoms with Gasteiger partial charge in [0, 0.05) is 31.9 Å². The molecule has 0 aliphatic carbocycles. The van der Waals surface area contributed by atoms with Gasteiger partial charge >= 0.3 is 0 Å². The van der Waals surface area contributed by atoms with Gasteiger partial charge in [0.1, 0.15) is 0 Å². The Balaban J connectivity index is 0.00000208. The maximum absolute atomic E-state index is 11.5. The van der Waals surface area contributed by atoms with Gasteiger partial charge in [0.25, 0.3) is 0 Å². The van der Waals surface area contributed by atoms with Crippen LogP contribution < -0.4 is 5.32 Å². The fourth-order valence-corrected chi connectivity index (χ4v) is 3.27. The molecule has 24 heavy (non-hydrogen) atoms. The maximum Gasteiger partial charge on any atom is 0.175 e. The third-order valence-electron chi connectivity index (χ3n) is 4.03. The van der Waals surface area contributed by atoms with E-state index in [0.29, 0.717) is 12.6 Å². The third kappa shape index (κ3) is 4.10. The summed E-state index contributed by atoms with van der Waals surface area (Å²) in [7, 11) is -3.20. The number of nitrogens with one attached hydrogen (secondary N) is 1. The molecule has 1 N–H and O–H groups in total. The summed E-state index contributed by atoms with van der Waals surface area (Å²) < 4.78 is 24.7. The van der Waals surface area contributed by atoms with Gasteiger partial charge in [-0.05, 0) is 41.6 Å². The molecule has 0 amide bonds. The maximum atomic E-state index is 11.5. The monoisotopic (exact) mass is 372 g/mol. The summed E-state index contributed by atoms with van der Waals surface area (Å²) in [5.41, 5.74) is 0.750. The normalized spacial score (nSPS) is 19.0. The molecule has 1 aromatic carbocycles. The van der Waals surface area contributed by atoms with Crippen molar-refractivity contribution in [2.75, 3.05) is 25.9 Å². The van der Waals surface area contributed by atoms with E-state index in [9.17, 15) is 8.42 Å². The van der Waals surface area contributed by atoms with E-state index in [2.05, 4.69) is 32.7 Å². The summed E-state index contributed by atoms with van der Waals surface area (Å²) in [6.07, 6.45) is 1.19. The molecule has 2 heterocycles. The van der Waals surface area contributed by atoms with Crippen molar-refractivity contribution in [1.82, 2.24) is 30.4 Å². The summed E-state index contributed by atoms with van der Waals surface area (Å²) in [4.78, 5) is 2.61. The zero-order chi connectivity index (χ0) is 16.4. The van der Waals surface area contributed by atoms with E-state index in [4.69, 9.17) is 0 Å². The SMILES string of the molecule is C[C@@H]1CNCCN1Cc1nnnn1-c1ccc(S(C)(=O)=O)cc1.Cl. The smallest absolute Gasteiger partial charge is 0.175 e. The minimum Gasteiger partial charge on any atom is -0.314 e. The van der Waals surface area contributed by atoms with Crippen LogP contribution in [0.2, 0.25) is 0 Å².